The second kappa shape index (κ2) is 26.9. The summed E-state index contributed by atoms with van der Waals surface area (Å²) in [4.78, 5) is 148. The van der Waals surface area contributed by atoms with Crippen molar-refractivity contribution in [1.29, 1.82) is 0 Å². The topological polar surface area (TPSA) is 438 Å². The van der Waals surface area contributed by atoms with Gasteiger partial charge in [-0.1, -0.05) is 44.2 Å². The van der Waals surface area contributed by atoms with Gasteiger partial charge in [0.05, 0.1) is 25.5 Å². The van der Waals surface area contributed by atoms with Crippen molar-refractivity contribution in [3.05, 3.63) is 65.9 Å². The molecule has 1 aromatic heterocycles. The van der Waals surface area contributed by atoms with E-state index in [1.54, 1.807) is 44.3 Å². The number of nitrogens with zero attached hydrogens (tertiary/aromatic N) is 1. The Balaban J connectivity index is 1.51. The summed E-state index contributed by atoms with van der Waals surface area (Å²) in [6, 6.07) is -0.0803. The van der Waals surface area contributed by atoms with Gasteiger partial charge in [-0.3, -0.25) is 47.9 Å². The zero-order valence-electron chi connectivity index (χ0n) is 40.1. The Hall–Kier alpha value is -8.13. The quantitative estimate of drug-likeness (QED) is 0.0338. The summed E-state index contributed by atoms with van der Waals surface area (Å²) in [5.41, 5.74) is 18.1. The number of benzene rings is 2. The second-order valence-electron chi connectivity index (χ2n) is 18.0. The third kappa shape index (κ3) is 17.3. The average Bonchev–Trinajstić information content (AvgIpc) is 3.99. The maximum absolute atomic E-state index is 14.1. The van der Waals surface area contributed by atoms with Crippen LogP contribution in [-0.2, 0) is 65.6 Å². The Bertz CT molecular complexity index is 2520. The van der Waals surface area contributed by atoms with E-state index >= 15 is 0 Å². The molecule has 3 aromatic rings. The molecule has 0 spiro atoms. The zero-order valence-corrected chi connectivity index (χ0v) is 40.1. The van der Waals surface area contributed by atoms with Crippen molar-refractivity contribution in [1.82, 2.24) is 41.8 Å². The molecule has 0 saturated carbocycles. The van der Waals surface area contributed by atoms with Crippen molar-refractivity contribution in [2.45, 2.75) is 120 Å². The Morgan fingerprint density at radius 3 is 1.88 bits per heavy atom. The molecule has 0 radical (unpaired) electrons. The number of para-hydroxylation sites is 1. The number of carboxylic acid groups (broad SMARTS) is 2. The highest BCUT2D eigenvalue weighted by Crippen LogP contribution is 2.21. The van der Waals surface area contributed by atoms with Crippen LogP contribution in [0, 0.1) is 5.92 Å². The minimum Gasteiger partial charge on any atom is -0.508 e. The van der Waals surface area contributed by atoms with E-state index in [4.69, 9.17) is 17.2 Å². The number of hydrogen-bond donors (Lipinski definition) is 14. The van der Waals surface area contributed by atoms with Crippen LogP contribution in [-0.4, -0.2) is 157 Å². The van der Waals surface area contributed by atoms with E-state index in [0.717, 1.165) is 4.90 Å². The highest BCUT2D eigenvalue weighted by Gasteiger charge is 2.41. The van der Waals surface area contributed by atoms with Crippen LogP contribution < -0.4 is 49.1 Å². The number of H-pyrrole nitrogens is 1. The van der Waals surface area contributed by atoms with Crippen LogP contribution in [0.3, 0.4) is 0 Å². The van der Waals surface area contributed by atoms with Crippen molar-refractivity contribution >= 4 is 76.0 Å². The third-order valence-corrected chi connectivity index (χ3v) is 11.8. The monoisotopic (exact) mass is 1020 g/mol. The summed E-state index contributed by atoms with van der Waals surface area (Å²) in [6.07, 6.45) is -0.907. The van der Waals surface area contributed by atoms with Crippen molar-refractivity contribution in [3.8, 4) is 5.75 Å². The molecule has 0 bridgehead atoms. The number of rotatable bonds is 28. The van der Waals surface area contributed by atoms with Crippen LogP contribution in [0.1, 0.15) is 69.9 Å². The molecule has 8 atom stereocenters. The molecule has 396 valence electrons. The number of aliphatic hydroxyl groups is 1. The summed E-state index contributed by atoms with van der Waals surface area (Å²) in [6.45, 7) is 2.30. The normalized spacial score (nSPS) is 16.1. The largest absolute Gasteiger partial charge is 0.508 e. The molecule has 9 amide bonds. The standard InChI is InChI=1S/C47H63N11O15/c1-23(2)16-30(52-40(65)28(48)13-14-37(49)61)41(66)54-32(19-38(50)62)43(68)53-31(17-24-9-11-26(60)12-10-24)42(67)57-35(22-59)46(71)58-15-5-8-36(58)45(70)55-33(20-39(63)64)44(69)56-34(47(72)73)18-25-21-51-29-7-4-3-6-27(25)29/h3-4,6-7,9-12,21,23,28,30-36,51,59-60H,5,8,13-20,22,48H2,1-2H3,(H2,49,61)(H2,50,62)(H,52,65)(H,53,68)(H,54,66)(H,55,70)(H,56,69)(H,57,67)(H,63,64)(H,72,73)/t28-,30-,31-,32-,33-,34-,35-,36-/m0/s1. The van der Waals surface area contributed by atoms with Gasteiger partial charge in [-0.15, -0.1) is 0 Å². The lowest BCUT2D eigenvalue weighted by Gasteiger charge is -2.30. The van der Waals surface area contributed by atoms with E-state index in [0.29, 0.717) is 22.0 Å². The Morgan fingerprint density at radius 2 is 1.27 bits per heavy atom. The Labute approximate surface area is 417 Å². The number of aromatic amines is 1. The lowest BCUT2D eigenvalue weighted by atomic mass is 10.0. The fourth-order valence-corrected chi connectivity index (χ4v) is 8.05. The van der Waals surface area contributed by atoms with Gasteiger partial charge in [-0.2, -0.15) is 0 Å². The molecule has 1 aliphatic rings. The summed E-state index contributed by atoms with van der Waals surface area (Å²) >= 11 is 0. The number of carbonyl (C=O) groups excluding carboxylic acids is 9. The fraction of sp³-hybridized carbons (Fsp3) is 0.468. The Kier molecular flexibility index (Phi) is 21.2. The summed E-state index contributed by atoms with van der Waals surface area (Å²) in [5, 5.41) is 54.9. The smallest absolute Gasteiger partial charge is 0.326 e. The molecule has 1 fully saturated rings. The number of carbonyl (C=O) groups is 11. The van der Waals surface area contributed by atoms with Gasteiger partial charge in [-0.25, -0.2) is 4.79 Å². The van der Waals surface area contributed by atoms with E-state index in [1.165, 1.54) is 24.3 Å². The molecule has 1 aliphatic heterocycles. The number of phenols is 1. The van der Waals surface area contributed by atoms with Gasteiger partial charge in [0.1, 0.15) is 48.0 Å². The molecule has 17 N–H and O–H groups in total. The van der Waals surface area contributed by atoms with Gasteiger partial charge < -0.3 is 79.4 Å². The maximum Gasteiger partial charge on any atom is 0.326 e. The number of primary amides is 2. The first kappa shape index (κ1) is 57.4. The predicted molar refractivity (Wildman–Crippen MR) is 257 cm³/mol. The van der Waals surface area contributed by atoms with E-state index in [1.807, 2.05) is 0 Å². The first-order valence-electron chi connectivity index (χ1n) is 23.3. The van der Waals surface area contributed by atoms with Gasteiger partial charge in [0.2, 0.25) is 53.2 Å². The number of aromatic nitrogens is 1. The highest BCUT2D eigenvalue weighted by molar-refractivity contribution is 5.99. The van der Waals surface area contributed by atoms with Gasteiger partial charge in [-0.05, 0) is 60.9 Å². The minimum atomic E-state index is -1.81. The molecule has 0 aliphatic carbocycles. The van der Waals surface area contributed by atoms with Crippen LogP contribution in [0.4, 0.5) is 0 Å². The number of fused-ring (bicyclic) bond motifs is 1. The number of nitrogens with two attached hydrogens (primary N) is 3. The minimum absolute atomic E-state index is 0.0142. The second-order valence-corrected chi connectivity index (χ2v) is 18.0. The van der Waals surface area contributed by atoms with Crippen molar-refractivity contribution in [2.24, 2.45) is 23.1 Å². The first-order valence-corrected chi connectivity index (χ1v) is 23.3. The van der Waals surface area contributed by atoms with Gasteiger partial charge in [0, 0.05) is 42.9 Å². The molecule has 0 unspecified atom stereocenters. The molecule has 2 aromatic carbocycles. The predicted octanol–water partition coefficient (Wildman–Crippen LogP) is -3.38. The van der Waals surface area contributed by atoms with Crippen LogP contribution in [0.25, 0.3) is 10.9 Å². The average molecular weight is 1020 g/mol. The van der Waals surface area contributed by atoms with E-state index < -0.39 is 133 Å². The van der Waals surface area contributed by atoms with Crippen molar-refractivity contribution in [2.75, 3.05) is 13.2 Å². The van der Waals surface area contributed by atoms with Gasteiger partial charge >= 0.3 is 11.9 Å². The van der Waals surface area contributed by atoms with Crippen molar-refractivity contribution in [3.63, 3.8) is 0 Å². The van der Waals surface area contributed by atoms with Crippen LogP contribution in [0.15, 0.2) is 54.7 Å². The number of amides is 9. The number of carboxylic acids is 2. The summed E-state index contributed by atoms with van der Waals surface area (Å²) in [7, 11) is 0. The third-order valence-electron chi connectivity index (χ3n) is 11.8. The highest BCUT2D eigenvalue weighted by atomic mass is 16.4. The first-order chi connectivity index (χ1) is 34.5. The molecule has 2 heterocycles. The molecular formula is C47H63N11O15. The molecule has 4 rings (SSSR count). The van der Waals surface area contributed by atoms with Gasteiger partial charge in [0.15, 0.2) is 0 Å². The lowest BCUT2D eigenvalue weighted by Crippen LogP contribution is -2.61. The van der Waals surface area contributed by atoms with Crippen LogP contribution in [0.5, 0.6) is 5.75 Å². The number of aliphatic hydroxyl groups excluding tert-OH is 1. The number of hydrogen-bond acceptors (Lipinski definition) is 14. The number of nitrogens with one attached hydrogen (secondary N) is 7. The SMILES string of the molecule is CC(C)C[C@H](NC(=O)[C@@H](N)CCC(N)=O)C(=O)N[C@@H](CC(N)=O)C(=O)N[C@@H](Cc1ccc(O)cc1)C(=O)N[C@@H](CO)C(=O)N1CCC[C@H]1C(=O)N[C@@H](CC(=O)O)C(=O)N[C@@H](Cc1c[nH]c2ccccc12)C(=O)O. The molecule has 26 heteroatoms. The summed E-state index contributed by atoms with van der Waals surface area (Å²) in [5.74, 6) is -12.2. The van der Waals surface area contributed by atoms with Crippen LogP contribution >= 0.6 is 0 Å². The number of aromatic hydroxyl groups is 1. The molecular weight excluding hydrogens is 959 g/mol. The van der Waals surface area contributed by atoms with Crippen molar-refractivity contribution < 1.29 is 73.2 Å². The van der Waals surface area contributed by atoms with Crippen LogP contribution in [0.2, 0.25) is 0 Å². The van der Waals surface area contributed by atoms with E-state index in [9.17, 15) is 73.2 Å². The molecule has 73 heavy (non-hydrogen) atoms. The fourth-order valence-electron chi connectivity index (χ4n) is 8.05. The van der Waals surface area contributed by atoms with E-state index in [-0.39, 0.29) is 63.2 Å². The Morgan fingerprint density at radius 1 is 0.699 bits per heavy atom. The van der Waals surface area contributed by atoms with Gasteiger partial charge in [0.25, 0.3) is 0 Å². The number of likely N-dealkylation sites (tertiary alicyclic amines) is 1. The molecule has 26 nitrogen and oxygen atoms in total. The number of phenolic OH excluding ortho intramolecular Hbond substituents is 1. The lowest BCUT2D eigenvalue weighted by molar-refractivity contribution is -0.145. The molecule has 1 saturated heterocycles. The maximum atomic E-state index is 14.1. The number of aliphatic carboxylic acids is 2. The van der Waals surface area contributed by atoms with E-state index in [2.05, 4.69) is 36.9 Å². The zero-order chi connectivity index (χ0) is 54.1. The summed E-state index contributed by atoms with van der Waals surface area (Å²) < 4.78 is 0.